The normalized spacial score (nSPS) is 16.7. The average molecular weight is 304 g/mol. The highest BCUT2D eigenvalue weighted by molar-refractivity contribution is 5.80. The van der Waals surface area contributed by atoms with E-state index in [1.165, 1.54) is 24.1 Å². The molecule has 3 N–H and O–H groups in total. The number of nitrogens with zero attached hydrogens (tertiary/aromatic N) is 2. The van der Waals surface area contributed by atoms with Crippen molar-refractivity contribution >= 4 is 11.6 Å². The molecule has 122 valence electrons. The van der Waals surface area contributed by atoms with Gasteiger partial charge in [0.05, 0.1) is 19.2 Å². The second-order valence-electron chi connectivity index (χ2n) is 5.64. The van der Waals surface area contributed by atoms with E-state index >= 15 is 0 Å². The van der Waals surface area contributed by atoms with E-state index < -0.39 is 0 Å². The minimum Gasteiger partial charge on any atom is -0.394 e. The Labute approximate surface area is 133 Å². The Balaban J connectivity index is 2.04. The Morgan fingerprint density at radius 3 is 2.82 bits per heavy atom. The molecule has 0 radical (unpaired) electrons. The third-order valence-electron chi connectivity index (χ3n) is 3.91. The van der Waals surface area contributed by atoms with Gasteiger partial charge in [0.2, 0.25) is 0 Å². The van der Waals surface area contributed by atoms with Crippen molar-refractivity contribution in [1.82, 2.24) is 10.6 Å². The van der Waals surface area contributed by atoms with Crippen LogP contribution in [0.25, 0.3) is 0 Å². The van der Waals surface area contributed by atoms with Gasteiger partial charge in [0.25, 0.3) is 0 Å². The Morgan fingerprint density at radius 2 is 2.14 bits per heavy atom. The monoisotopic (exact) mass is 304 g/mol. The van der Waals surface area contributed by atoms with Gasteiger partial charge in [0.15, 0.2) is 5.96 Å². The van der Waals surface area contributed by atoms with Gasteiger partial charge in [-0.2, -0.15) is 0 Å². The molecule has 1 atom stereocenters. The first-order valence-electron chi connectivity index (χ1n) is 8.25. The molecule has 1 aliphatic rings. The molecule has 2 rings (SSSR count). The van der Waals surface area contributed by atoms with Gasteiger partial charge in [-0.05, 0) is 44.4 Å². The van der Waals surface area contributed by atoms with E-state index in [2.05, 4.69) is 51.7 Å². The smallest absolute Gasteiger partial charge is 0.191 e. The molecular weight excluding hydrogens is 276 g/mol. The van der Waals surface area contributed by atoms with Crippen LogP contribution in [0.3, 0.4) is 0 Å². The van der Waals surface area contributed by atoms with E-state index in [0.717, 1.165) is 25.6 Å². The van der Waals surface area contributed by atoms with Crippen LogP contribution in [0.5, 0.6) is 0 Å². The summed E-state index contributed by atoms with van der Waals surface area (Å²) in [5, 5.41) is 15.5. The summed E-state index contributed by atoms with van der Waals surface area (Å²) in [6, 6.07) is 8.89. The Morgan fingerprint density at radius 1 is 1.36 bits per heavy atom. The van der Waals surface area contributed by atoms with Gasteiger partial charge >= 0.3 is 0 Å². The second-order valence-corrected chi connectivity index (χ2v) is 5.64. The molecule has 5 nitrogen and oxygen atoms in total. The predicted molar refractivity (Wildman–Crippen MR) is 92.5 cm³/mol. The maximum Gasteiger partial charge on any atom is 0.191 e. The lowest BCUT2D eigenvalue weighted by Crippen LogP contribution is -2.39. The average Bonchev–Trinajstić information content (AvgIpc) is 3.07. The Kier molecular flexibility index (Phi) is 6.52. The first-order chi connectivity index (χ1) is 10.7. The highest BCUT2D eigenvalue weighted by Gasteiger charge is 2.14. The molecule has 0 spiro atoms. The summed E-state index contributed by atoms with van der Waals surface area (Å²) in [4.78, 5) is 6.78. The van der Waals surface area contributed by atoms with Gasteiger partial charge in [0, 0.05) is 25.3 Å². The number of rotatable bonds is 6. The summed E-state index contributed by atoms with van der Waals surface area (Å²) < 4.78 is 0. The van der Waals surface area contributed by atoms with Crippen LogP contribution in [0.4, 0.5) is 5.69 Å². The van der Waals surface area contributed by atoms with Crippen LogP contribution in [-0.4, -0.2) is 43.9 Å². The van der Waals surface area contributed by atoms with Crippen LogP contribution in [-0.2, 0) is 0 Å². The molecular formula is C17H28N4O. The minimum absolute atomic E-state index is 0.0649. The van der Waals surface area contributed by atoms with Crippen molar-refractivity contribution in [1.29, 1.82) is 0 Å². The largest absolute Gasteiger partial charge is 0.394 e. The van der Waals surface area contributed by atoms with Crippen LogP contribution in [0.15, 0.2) is 29.3 Å². The number of hydrogen-bond acceptors (Lipinski definition) is 3. The number of aliphatic hydroxyl groups excluding tert-OH is 1. The SMILES string of the molecule is CCNC(=NCCO)NC(C)c1cccc(N2CCCC2)c1. The molecule has 5 heteroatoms. The van der Waals surface area contributed by atoms with Crippen molar-refractivity contribution in [3.63, 3.8) is 0 Å². The number of nitrogens with one attached hydrogen (secondary N) is 2. The Hall–Kier alpha value is -1.75. The van der Waals surface area contributed by atoms with E-state index in [1.54, 1.807) is 0 Å². The van der Waals surface area contributed by atoms with E-state index in [-0.39, 0.29) is 12.6 Å². The summed E-state index contributed by atoms with van der Waals surface area (Å²) in [7, 11) is 0. The van der Waals surface area contributed by atoms with Gasteiger partial charge in [0.1, 0.15) is 0 Å². The van der Waals surface area contributed by atoms with Gasteiger partial charge in [-0.3, -0.25) is 4.99 Å². The summed E-state index contributed by atoms with van der Waals surface area (Å²) in [5.74, 6) is 0.746. The van der Waals surface area contributed by atoms with Crippen LogP contribution in [0, 0.1) is 0 Å². The van der Waals surface area contributed by atoms with Crippen LogP contribution in [0.2, 0.25) is 0 Å². The molecule has 0 aromatic heterocycles. The zero-order chi connectivity index (χ0) is 15.8. The topological polar surface area (TPSA) is 59.9 Å². The predicted octanol–water partition coefficient (Wildman–Crippen LogP) is 1.90. The summed E-state index contributed by atoms with van der Waals surface area (Å²) >= 11 is 0. The molecule has 1 fully saturated rings. The molecule has 0 saturated carbocycles. The van der Waals surface area contributed by atoms with Crippen molar-refractivity contribution in [2.75, 3.05) is 37.7 Å². The molecule has 0 bridgehead atoms. The lowest BCUT2D eigenvalue weighted by molar-refractivity contribution is 0.306. The quantitative estimate of drug-likeness (QED) is 0.555. The zero-order valence-corrected chi connectivity index (χ0v) is 13.7. The molecule has 0 amide bonds. The fourth-order valence-corrected chi connectivity index (χ4v) is 2.74. The molecule has 1 unspecified atom stereocenters. The fraction of sp³-hybridized carbons (Fsp3) is 0.588. The summed E-state index contributed by atoms with van der Waals surface area (Å²) in [6.07, 6.45) is 2.58. The third kappa shape index (κ3) is 4.63. The Bertz CT molecular complexity index is 483. The number of benzene rings is 1. The lowest BCUT2D eigenvalue weighted by Gasteiger charge is -2.22. The van der Waals surface area contributed by atoms with E-state index in [0.29, 0.717) is 6.54 Å². The van der Waals surface area contributed by atoms with Crippen molar-refractivity contribution in [2.24, 2.45) is 4.99 Å². The molecule has 0 aliphatic carbocycles. The van der Waals surface area contributed by atoms with Gasteiger partial charge in [-0.25, -0.2) is 0 Å². The third-order valence-corrected chi connectivity index (χ3v) is 3.91. The second kappa shape index (κ2) is 8.63. The van der Waals surface area contributed by atoms with E-state index in [1.807, 2.05) is 6.92 Å². The zero-order valence-electron chi connectivity index (χ0n) is 13.7. The summed E-state index contributed by atoms with van der Waals surface area (Å²) in [5.41, 5.74) is 2.56. The van der Waals surface area contributed by atoms with Crippen molar-refractivity contribution in [3.8, 4) is 0 Å². The summed E-state index contributed by atoms with van der Waals surface area (Å²) in [6.45, 7) is 7.77. The van der Waals surface area contributed by atoms with Crippen LogP contribution < -0.4 is 15.5 Å². The first-order valence-corrected chi connectivity index (χ1v) is 8.25. The number of aliphatic hydroxyl groups is 1. The van der Waals surface area contributed by atoms with Gasteiger partial charge < -0.3 is 20.6 Å². The number of guanidine groups is 1. The maximum atomic E-state index is 8.92. The molecule has 1 heterocycles. The van der Waals surface area contributed by atoms with Crippen LogP contribution >= 0.6 is 0 Å². The van der Waals surface area contributed by atoms with Gasteiger partial charge in [-0.1, -0.05) is 12.1 Å². The molecule has 1 saturated heterocycles. The molecule has 1 aliphatic heterocycles. The molecule has 22 heavy (non-hydrogen) atoms. The standard InChI is InChI=1S/C17H28N4O/c1-3-18-17(19-9-12-22)20-14(2)15-7-6-8-16(13-15)21-10-4-5-11-21/h6-8,13-14,22H,3-5,9-12H2,1-2H3,(H2,18,19,20). The number of anilines is 1. The maximum absolute atomic E-state index is 8.92. The number of aliphatic imine (C=N–C) groups is 1. The highest BCUT2D eigenvalue weighted by atomic mass is 16.3. The molecule has 1 aromatic carbocycles. The molecule has 1 aromatic rings. The van der Waals surface area contributed by atoms with Crippen LogP contribution in [0.1, 0.15) is 38.3 Å². The van der Waals surface area contributed by atoms with E-state index in [4.69, 9.17) is 5.11 Å². The minimum atomic E-state index is 0.0649. The van der Waals surface area contributed by atoms with Gasteiger partial charge in [-0.15, -0.1) is 0 Å². The van der Waals surface area contributed by atoms with Crippen molar-refractivity contribution in [2.45, 2.75) is 32.7 Å². The van der Waals surface area contributed by atoms with E-state index in [9.17, 15) is 0 Å². The van der Waals surface area contributed by atoms with Crippen molar-refractivity contribution in [3.05, 3.63) is 29.8 Å². The lowest BCUT2D eigenvalue weighted by atomic mass is 10.1. The first kappa shape index (κ1) is 16.6. The van der Waals surface area contributed by atoms with Crippen molar-refractivity contribution < 1.29 is 5.11 Å². The number of hydrogen-bond donors (Lipinski definition) is 3. The fourth-order valence-electron chi connectivity index (χ4n) is 2.74. The highest BCUT2D eigenvalue weighted by Crippen LogP contribution is 2.23.